The van der Waals surface area contributed by atoms with Crippen LogP contribution in [0, 0.1) is 5.92 Å². The molecule has 0 N–H and O–H groups in total. The van der Waals surface area contributed by atoms with E-state index in [0.29, 0.717) is 12.3 Å². The number of carbonyl (C=O) groups is 1. The van der Waals surface area contributed by atoms with Crippen LogP contribution in [0.15, 0.2) is 24.4 Å². The van der Waals surface area contributed by atoms with Gasteiger partial charge >= 0.3 is 0 Å². The van der Waals surface area contributed by atoms with Gasteiger partial charge in [0.1, 0.15) is 5.82 Å². The predicted molar refractivity (Wildman–Crippen MR) is 85.6 cm³/mol. The van der Waals surface area contributed by atoms with Gasteiger partial charge in [0.25, 0.3) is 0 Å². The minimum Gasteiger partial charge on any atom is -0.342 e. The lowest BCUT2D eigenvalue weighted by molar-refractivity contribution is -0.132. The van der Waals surface area contributed by atoms with E-state index >= 15 is 0 Å². The van der Waals surface area contributed by atoms with Crippen LogP contribution in [0.25, 0.3) is 5.65 Å². The number of carbonyl (C=O) groups excluding carboxylic acids is 1. The zero-order chi connectivity index (χ0) is 15.5. The Morgan fingerprint density at radius 3 is 3.05 bits per heavy atom. The number of fused-ring (bicyclic) bond motifs is 1. The third kappa shape index (κ3) is 3.13. The minimum atomic E-state index is 0.284. The minimum absolute atomic E-state index is 0.284. The van der Waals surface area contributed by atoms with Crippen molar-refractivity contribution >= 4 is 11.6 Å². The van der Waals surface area contributed by atoms with Gasteiger partial charge in [0.15, 0.2) is 5.65 Å². The quantitative estimate of drug-likeness (QED) is 0.872. The molecule has 1 aliphatic heterocycles. The van der Waals surface area contributed by atoms with E-state index in [0.717, 1.165) is 43.8 Å². The third-order valence-corrected chi connectivity index (χ3v) is 4.41. The Morgan fingerprint density at radius 1 is 1.36 bits per heavy atom. The molecule has 1 fully saturated rings. The molecular weight excluding hydrogens is 276 g/mol. The smallest absolute Gasteiger partial charge is 0.222 e. The molecule has 118 valence electrons. The summed E-state index contributed by atoms with van der Waals surface area (Å²) in [6, 6.07) is 5.93. The van der Waals surface area contributed by atoms with Crippen molar-refractivity contribution in [2.45, 2.75) is 45.4 Å². The molecule has 0 radical (unpaired) electrons. The first-order chi connectivity index (χ1) is 10.6. The summed E-state index contributed by atoms with van der Waals surface area (Å²) in [5.41, 5.74) is 0.876. The highest BCUT2D eigenvalue weighted by atomic mass is 16.2. The Balaban J connectivity index is 1.71. The lowest BCUT2D eigenvalue weighted by Gasteiger charge is -2.32. The second-order valence-corrected chi connectivity index (χ2v) is 6.60. The van der Waals surface area contributed by atoms with E-state index in [-0.39, 0.29) is 11.8 Å². The maximum absolute atomic E-state index is 12.4. The second-order valence-electron chi connectivity index (χ2n) is 6.60. The molecule has 5 heteroatoms. The average molecular weight is 300 g/mol. The SMILES string of the molecule is CC(C)CCC(=O)N1CCCC(c2nnc3ccccn23)C1. The monoisotopic (exact) mass is 300 g/mol. The molecule has 1 amide bonds. The molecule has 0 spiro atoms. The highest BCUT2D eigenvalue weighted by Crippen LogP contribution is 2.26. The summed E-state index contributed by atoms with van der Waals surface area (Å²) in [7, 11) is 0. The summed E-state index contributed by atoms with van der Waals surface area (Å²) in [6.45, 7) is 5.97. The molecule has 1 atom stereocenters. The Bertz CT molecular complexity index is 649. The first-order valence-corrected chi connectivity index (χ1v) is 8.22. The van der Waals surface area contributed by atoms with Gasteiger partial charge < -0.3 is 4.90 Å². The van der Waals surface area contributed by atoms with Gasteiger partial charge in [0.05, 0.1) is 0 Å². The van der Waals surface area contributed by atoms with Crippen LogP contribution in [0.2, 0.25) is 0 Å². The molecule has 0 aliphatic carbocycles. The van der Waals surface area contributed by atoms with Crippen molar-refractivity contribution in [2.75, 3.05) is 13.1 Å². The molecule has 1 aliphatic rings. The molecular formula is C17H24N4O. The second kappa shape index (κ2) is 6.46. The molecule has 1 unspecified atom stereocenters. The largest absolute Gasteiger partial charge is 0.342 e. The first kappa shape index (κ1) is 15.0. The fraction of sp³-hybridized carbons (Fsp3) is 0.588. The zero-order valence-corrected chi connectivity index (χ0v) is 13.4. The fourth-order valence-electron chi connectivity index (χ4n) is 3.12. The van der Waals surface area contributed by atoms with E-state index in [4.69, 9.17) is 0 Å². The number of nitrogens with zero attached hydrogens (tertiary/aromatic N) is 4. The summed E-state index contributed by atoms with van der Waals surface area (Å²) < 4.78 is 2.05. The van der Waals surface area contributed by atoms with Gasteiger partial charge in [0.2, 0.25) is 5.91 Å². The highest BCUT2D eigenvalue weighted by Gasteiger charge is 2.27. The molecule has 0 bridgehead atoms. The molecule has 1 saturated heterocycles. The Hall–Kier alpha value is -1.91. The molecule has 0 saturated carbocycles. The van der Waals surface area contributed by atoms with Gasteiger partial charge in [0, 0.05) is 31.6 Å². The lowest BCUT2D eigenvalue weighted by Crippen LogP contribution is -2.39. The van der Waals surface area contributed by atoms with Gasteiger partial charge in [-0.1, -0.05) is 19.9 Å². The van der Waals surface area contributed by atoms with Gasteiger partial charge in [-0.15, -0.1) is 10.2 Å². The van der Waals surface area contributed by atoms with Crippen LogP contribution in [0.3, 0.4) is 0 Å². The van der Waals surface area contributed by atoms with Crippen molar-refractivity contribution in [2.24, 2.45) is 5.92 Å². The average Bonchev–Trinajstić information content (AvgIpc) is 2.96. The van der Waals surface area contributed by atoms with Gasteiger partial charge in [-0.05, 0) is 37.3 Å². The third-order valence-electron chi connectivity index (χ3n) is 4.41. The number of amides is 1. The number of piperidine rings is 1. The van der Waals surface area contributed by atoms with Crippen LogP contribution in [0.1, 0.15) is 51.3 Å². The van der Waals surface area contributed by atoms with Crippen LogP contribution in [-0.4, -0.2) is 38.5 Å². The van der Waals surface area contributed by atoms with Crippen molar-refractivity contribution in [3.63, 3.8) is 0 Å². The summed E-state index contributed by atoms with van der Waals surface area (Å²) in [4.78, 5) is 14.4. The Labute approximate surface area is 131 Å². The maximum Gasteiger partial charge on any atom is 0.222 e. The zero-order valence-electron chi connectivity index (χ0n) is 13.4. The van der Waals surface area contributed by atoms with Crippen molar-refractivity contribution in [3.8, 4) is 0 Å². The summed E-state index contributed by atoms with van der Waals surface area (Å²) in [5, 5.41) is 8.59. The molecule has 5 nitrogen and oxygen atoms in total. The van der Waals surface area contributed by atoms with Crippen LogP contribution in [-0.2, 0) is 4.79 Å². The number of rotatable bonds is 4. The van der Waals surface area contributed by atoms with E-state index in [1.165, 1.54) is 0 Å². The van der Waals surface area contributed by atoms with Crippen molar-refractivity contribution in [3.05, 3.63) is 30.2 Å². The topological polar surface area (TPSA) is 50.5 Å². The number of likely N-dealkylation sites (tertiary alicyclic amines) is 1. The standard InChI is InChI=1S/C17H24N4O/c1-13(2)8-9-16(22)20-10-5-6-14(12-20)17-19-18-15-7-3-4-11-21(15)17/h3-4,7,11,13-14H,5-6,8-10,12H2,1-2H3. The van der Waals surface area contributed by atoms with Crippen LogP contribution in [0.4, 0.5) is 0 Å². The molecule has 3 rings (SSSR count). The van der Waals surface area contributed by atoms with Crippen molar-refractivity contribution in [1.29, 1.82) is 0 Å². The summed E-state index contributed by atoms with van der Waals surface area (Å²) in [6.07, 6.45) is 5.74. The van der Waals surface area contributed by atoms with Gasteiger partial charge in [-0.3, -0.25) is 9.20 Å². The number of pyridine rings is 1. The fourth-order valence-corrected chi connectivity index (χ4v) is 3.12. The van der Waals surface area contributed by atoms with E-state index in [9.17, 15) is 4.79 Å². The van der Waals surface area contributed by atoms with E-state index in [1.807, 2.05) is 33.7 Å². The molecule has 2 aromatic rings. The van der Waals surface area contributed by atoms with E-state index < -0.39 is 0 Å². The number of hydrogen-bond donors (Lipinski definition) is 0. The Kier molecular flexibility index (Phi) is 4.41. The van der Waals surface area contributed by atoms with Crippen LogP contribution < -0.4 is 0 Å². The summed E-state index contributed by atoms with van der Waals surface area (Å²) >= 11 is 0. The molecule has 22 heavy (non-hydrogen) atoms. The Morgan fingerprint density at radius 2 is 2.23 bits per heavy atom. The van der Waals surface area contributed by atoms with Gasteiger partial charge in [-0.25, -0.2) is 0 Å². The van der Waals surface area contributed by atoms with Crippen LogP contribution in [0.5, 0.6) is 0 Å². The molecule has 2 aromatic heterocycles. The lowest BCUT2D eigenvalue weighted by atomic mass is 9.96. The normalized spacial score (nSPS) is 19.0. The van der Waals surface area contributed by atoms with Crippen molar-refractivity contribution in [1.82, 2.24) is 19.5 Å². The van der Waals surface area contributed by atoms with Crippen LogP contribution >= 0.6 is 0 Å². The first-order valence-electron chi connectivity index (χ1n) is 8.22. The number of hydrogen-bond acceptors (Lipinski definition) is 3. The van der Waals surface area contributed by atoms with E-state index in [2.05, 4.69) is 24.0 Å². The summed E-state index contributed by atoms with van der Waals surface area (Å²) in [5.74, 6) is 2.13. The number of aromatic nitrogens is 3. The molecule has 3 heterocycles. The van der Waals surface area contributed by atoms with Gasteiger partial charge in [-0.2, -0.15) is 0 Å². The highest BCUT2D eigenvalue weighted by molar-refractivity contribution is 5.76. The van der Waals surface area contributed by atoms with E-state index in [1.54, 1.807) is 0 Å². The van der Waals surface area contributed by atoms with Crippen molar-refractivity contribution < 1.29 is 4.79 Å². The maximum atomic E-state index is 12.4. The molecule has 0 aromatic carbocycles. The predicted octanol–water partition coefficient (Wildman–Crippen LogP) is 2.87.